The molecule has 1 aliphatic carbocycles. The van der Waals surface area contributed by atoms with Crippen molar-refractivity contribution in [2.24, 2.45) is 0 Å². The number of nitrogens with one attached hydrogen (secondary N) is 2. The number of carbonyl (C=O) groups excluding carboxylic acids is 1. The zero-order valence-corrected chi connectivity index (χ0v) is 12.4. The van der Waals surface area contributed by atoms with Crippen molar-refractivity contribution in [3.05, 3.63) is 48.0 Å². The highest BCUT2D eigenvalue weighted by Crippen LogP contribution is 2.33. The molecule has 0 aliphatic heterocycles. The monoisotopic (exact) mass is 298 g/mol. The fraction of sp³-hybridized carbons (Fsp3) is 0.312. The summed E-state index contributed by atoms with van der Waals surface area (Å²) in [6.07, 6.45) is 3.90. The van der Waals surface area contributed by atoms with Crippen LogP contribution in [-0.2, 0) is 12.8 Å². The standard InChI is InChI=1S/C16H18N4O2/c1-3-14-19-15(20-22-14)11-5-7-12-10(9-11)6-8-13(12)18-16(21)17-4-2/h4-5,7,9,13H,2-3,6,8H2,1H3,(H2,17,18,21). The van der Waals surface area contributed by atoms with Gasteiger partial charge in [-0.3, -0.25) is 0 Å². The normalized spacial score (nSPS) is 16.1. The second-order valence-electron chi connectivity index (χ2n) is 5.19. The Morgan fingerprint density at radius 1 is 1.55 bits per heavy atom. The molecule has 1 unspecified atom stereocenters. The Hall–Kier alpha value is -2.63. The maximum atomic E-state index is 11.6. The summed E-state index contributed by atoms with van der Waals surface area (Å²) in [5.41, 5.74) is 3.30. The highest BCUT2D eigenvalue weighted by molar-refractivity contribution is 5.75. The molecule has 2 amide bonds. The van der Waals surface area contributed by atoms with Gasteiger partial charge in [0.1, 0.15) is 0 Å². The molecule has 0 fully saturated rings. The van der Waals surface area contributed by atoms with Crippen molar-refractivity contribution in [2.45, 2.75) is 32.2 Å². The molecule has 1 heterocycles. The zero-order valence-electron chi connectivity index (χ0n) is 12.4. The lowest BCUT2D eigenvalue weighted by atomic mass is 10.0. The van der Waals surface area contributed by atoms with Crippen molar-refractivity contribution in [1.82, 2.24) is 20.8 Å². The molecule has 3 rings (SSSR count). The first-order valence-electron chi connectivity index (χ1n) is 7.35. The Balaban J connectivity index is 1.80. The van der Waals surface area contributed by atoms with Gasteiger partial charge in [-0.15, -0.1) is 0 Å². The number of fused-ring (bicyclic) bond motifs is 1. The fourth-order valence-corrected chi connectivity index (χ4v) is 2.71. The predicted octanol–water partition coefficient (Wildman–Crippen LogP) is 2.73. The number of aromatic nitrogens is 2. The van der Waals surface area contributed by atoms with Crippen LogP contribution < -0.4 is 10.6 Å². The number of benzene rings is 1. The molecule has 114 valence electrons. The third-order valence-electron chi connectivity index (χ3n) is 3.79. The van der Waals surface area contributed by atoms with Crippen LogP contribution in [0.5, 0.6) is 0 Å². The van der Waals surface area contributed by atoms with E-state index in [0.717, 1.165) is 30.4 Å². The molecule has 0 saturated heterocycles. The first kappa shape index (κ1) is 14.3. The lowest BCUT2D eigenvalue weighted by Gasteiger charge is -2.13. The average Bonchev–Trinajstić information content (AvgIpc) is 3.14. The number of hydrogen-bond acceptors (Lipinski definition) is 4. The number of rotatable bonds is 4. The Morgan fingerprint density at radius 2 is 2.41 bits per heavy atom. The largest absolute Gasteiger partial charge is 0.339 e. The lowest BCUT2D eigenvalue weighted by molar-refractivity contribution is 0.240. The summed E-state index contributed by atoms with van der Waals surface area (Å²) >= 11 is 0. The third kappa shape index (κ3) is 2.72. The van der Waals surface area contributed by atoms with E-state index in [9.17, 15) is 4.79 Å². The van der Waals surface area contributed by atoms with E-state index in [1.54, 1.807) is 0 Å². The van der Waals surface area contributed by atoms with Gasteiger partial charge in [0, 0.05) is 12.0 Å². The van der Waals surface area contributed by atoms with Crippen molar-refractivity contribution in [1.29, 1.82) is 0 Å². The Bertz CT molecular complexity index is 708. The first-order chi connectivity index (χ1) is 10.7. The van der Waals surface area contributed by atoms with E-state index < -0.39 is 0 Å². The fourth-order valence-electron chi connectivity index (χ4n) is 2.71. The molecule has 6 heteroatoms. The second kappa shape index (κ2) is 6.01. The van der Waals surface area contributed by atoms with Gasteiger partial charge in [-0.2, -0.15) is 4.98 Å². The maximum absolute atomic E-state index is 11.6. The van der Waals surface area contributed by atoms with Crippen LogP contribution in [0, 0.1) is 0 Å². The van der Waals surface area contributed by atoms with Crippen LogP contribution in [0.15, 0.2) is 35.5 Å². The van der Waals surface area contributed by atoms with Gasteiger partial charge in [0.25, 0.3) is 0 Å². The summed E-state index contributed by atoms with van der Waals surface area (Å²) in [6.45, 7) is 5.46. The Kier molecular flexibility index (Phi) is 3.91. The van der Waals surface area contributed by atoms with Crippen LogP contribution in [0.1, 0.15) is 36.4 Å². The summed E-state index contributed by atoms with van der Waals surface area (Å²) in [7, 11) is 0. The summed E-state index contributed by atoms with van der Waals surface area (Å²) in [5.74, 6) is 1.25. The molecule has 0 saturated carbocycles. The molecule has 22 heavy (non-hydrogen) atoms. The van der Waals surface area contributed by atoms with Crippen molar-refractivity contribution in [3.8, 4) is 11.4 Å². The van der Waals surface area contributed by atoms with Gasteiger partial charge in [0.15, 0.2) is 0 Å². The number of nitrogens with zero attached hydrogens (tertiary/aromatic N) is 2. The summed E-state index contributed by atoms with van der Waals surface area (Å²) in [6, 6.07) is 5.86. The number of amides is 2. The van der Waals surface area contributed by atoms with E-state index in [1.807, 2.05) is 19.1 Å². The highest BCUT2D eigenvalue weighted by atomic mass is 16.5. The van der Waals surface area contributed by atoms with E-state index in [1.165, 1.54) is 11.8 Å². The van der Waals surface area contributed by atoms with E-state index >= 15 is 0 Å². The van der Waals surface area contributed by atoms with E-state index in [0.29, 0.717) is 11.7 Å². The number of urea groups is 1. The molecule has 1 aliphatic rings. The molecule has 0 bridgehead atoms. The van der Waals surface area contributed by atoms with Gasteiger partial charge in [-0.25, -0.2) is 4.79 Å². The quantitative estimate of drug-likeness (QED) is 0.909. The van der Waals surface area contributed by atoms with Crippen molar-refractivity contribution >= 4 is 6.03 Å². The van der Waals surface area contributed by atoms with Crippen LogP contribution in [-0.4, -0.2) is 16.2 Å². The zero-order chi connectivity index (χ0) is 15.5. The van der Waals surface area contributed by atoms with Gasteiger partial charge >= 0.3 is 6.03 Å². The average molecular weight is 298 g/mol. The lowest BCUT2D eigenvalue weighted by Crippen LogP contribution is -2.34. The van der Waals surface area contributed by atoms with Crippen molar-refractivity contribution in [2.75, 3.05) is 0 Å². The van der Waals surface area contributed by atoms with Crippen molar-refractivity contribution < 1.29 is 9.32 Å². The molecular formula is C16H18N4O2. The van der Waals surface area contributed by atoms with Crippen LogP contribution >= 0.6 is 0 Å². The maximum Gasteiger partial charge on any atom is 0.319 e. The highest BCUT2D eigenvalue weighted by Gasteiger charge is 2.24. The summed E-state index contributed by atoms with van der Waals surface area (Å²) in [4.78, 5) is 16.0. The number of hydrogen-bond donors (Lipinski definition) is 2. The number of aryl methyl sites for hydroxylation is 2. The van der Waals surface area contributed by atoms with Gasteiger partial charge in [0.2, 0.25) is 11.7 Å². The van der Waals surface area contributed by atoms with Gasteiger partial charge in [0.05, 0.1) is 6.04 Å². The molecule has 0 radical (unpaired) electrons. The third-order valence-corrected chi connectivity index (χ3v) is 3.79. The second-order valence-corrected chi connectivity index (χ2v) is 5.19. The predicted molar refractivity (Wildman–Crippen MR) is 82.0 cm³/mol. The minimum Gasteiger partial charge on any atom is -0.339 e. The molecule has 1 atom stereocenters. The topological polar surface area (TPSA) is 80.0 Å². The summed E-state index contributed by atoms with van der Waals surface area (Å²) in [5, 5.41) is 9.47. The minimum atomic E-state index is -0.234. The van der Waals surface area contributed by atoms with E-state index in [2.05, 4.69) is 33.4 Å². The molecule has 2 aromatic rings. The molecular weight excluding hydrogens is 280 g/mol. The van der Waals surface area contributed by atoms with Crippen LogP contribution in [0.2, 0.25) is 0 Å². The minimum absolute atomic E-state index is 0.0282. The van der Waals surface area contributed by atoms with E-state index in [-0.39, 0.29) is 12.1 Å². The summed E-state index contributed by atoms with van der Waals surface area (Å²) < 4.78 is 5.15. The number of carbonyl (C=O) groups is 1. The molecule has 0 spiro atoms. The Labute approximate surface area is 128 Å². The Morgan fingerprint density at radius 3 is 3.14 bits per heavy atom. The van der Waals surface area contributed by atoms with Gasteiger partial charge < -0.3 is 15.2 Å². The van der Waals surface area contributed by atoms with Gasteiger partial charge in [-0.05, 0) is 36.2 Å². The van der Waals surface area contributed by atoms with Crippen LogP contribution in [0.25, 0.3) is 11.4 Å². The molecule has 1 aromatic heterocycles. The van der Waals surface area contributed by atoms with Crippen molar-refractivity contribution in [3.63, 3.8) is 0 Å². The van der Waals surface area contributed by atoms with Crippen LogP contribution in [0.4, 0.5) is 4.79 Å². The smallest absolute Gasteiger partial charge is 0.319 e. The molecule has 6 nitrogen and oxygen atoms in total. The molecule has 2 N–H and O–H groups in total. The van der Waals surface area contributed by atoms with E-state index in [4.69, 9.17) is 4.52 Å². The van der Waals surface area contributed by atoms with Gasteiger partial charge in [-0.1, -0.05) is 30.8 Å². The SMILES string of the molecule is C=CNC(=O)NC1CCc2cc(-c3noc(CC)n3)ccc21. The first-order valence-corrected chi connectivity index (χ1v) is 7.35. The molecule has 1 aromatic carbocycles. The van der Waals surface area contributed by atoms with Crippen LogP contribution in [0.3, 0.4) is 0 Å².